The van der Waals surface area contributed by atoms with Crippen molar-refractivity contribution in [1.82, 2.24) is 10.6 Å². The Kier molecular flexibility index (Phi) is 5.52. The van der Waals surface area contributed by atoms with Crippen molar-refractivity contribution >= 4 is 39.1 Å². The van der Waals surface area contributed by atoms with Crippen molar-refractivity contribution in [3.8, 4) is 0 Å². The summed E-state index contributed by atoms with van der Waals surface area (Å²) in [4.78, 5) is 24.2. The van der Waals surface area contributed by atoms with Crippen molar-refractivity contribution in [2.24, 2.45) is 0 Å². The number of rotatable bonds is 5. The molecule has 1 heterocycles. The molecular weight excluding hydrogens is 352 g/mol. The van der Waals surface area contributed by atoms with E-state index < -0.39 is 0 Å². The molecule has 0 radical (unpaired) electrons. The van der Waals surface area contributed by atoms with Crippen LogP contribution in [0.25, 0.3) is 0 Å². The predicted octanol–water partition coefficient (Wildman–Crippen LogP) is 3.12. The van der Waals surface area contributed by atoms with E-state index in [1.165, 1.54) is 11.3 Å². The topological polar surface area (TPSA) is 58.2 Å². The van der Waals surface area contributed by atoms with Crippen LogP contribution in [0.2, 0.25) is 0 Å². The smallest absolute Gasteiger partial charge is 0.261 e. The normalized spacial score (nSPS) is 11.7. The first kappa shape index (κ1) is 15.7. The van der Waals surface area contributed by atoms with Gasteiger partial charge in [0, 0.05) is 4.47 Å². The number of benzene rings is 1. The second-order valence-electron chi connectivity index (χ2n) is 4.50. The van der Waals surface area contributed by atoms with E-state index in [9.17, 15) is 9.59 Å². The highest BCUT2D eigenvalue weighted by Crippen LogP contribution is 2.17. The van der Waals surface area contributed by atoms with Crippen LogP contribution in [0, 0.1) is 0 Å². The maximum atomic E-state index is 11.9. The SMILES string of the molecule is CC(NC(=O)CNC(=O)c1cccs1)c1cccc(Br)c1. The zero-order valence-corrected chi connectivity index (χ0v) is 13.8. The average Bonchev–Trinajstić information content (AvgIpc) is 2.99. The molecule has 1 aromatic carbocycles. The molecule has 0 aliphatic heterocycles. The molecule has 1 unspecified atom stereocenters. The van der Waals surface area contributed by atoms with Gasteiger partial charge in [-0.2, -0.15) is 0 Å². The van der Waals surface area contributed by atoms with E-state index in [0.29, 0.717) is 4.88 Å². The maximum absolute atomic E-state index is 11.9. The van der Waals surface area contributed by atoms with Crippen LogP contribution < -0.4 is 10.6 Å². The minimum atomic E-state index is -0.227. The van der Waals surface area contributed by atoms with E-state index >= 15 is 0 Å². The van der Waals surface area contributed by atoms with Gasteiger partial charge in [-0.3, -0.25) is 9.59 Å². The molecular formula is C15H15BrN2O2S. The summed E-state index contributed by atoms with van der Waals surface area (Å²) >= 11 is 4.75. The zero-order chi connectivity index (χ0) is 15.2. The summed E-state index contributed by atoms with van der Waals surface area (Å²) in [5.41, 5.74) is 1.00. The van der Waals surface area contributed by atoms with Gasteiger partial charge in [0.25, 0.3) is 5.91 Å². The van der Waals surface area contributed by atoms with Gasteiger partial charge < -0.3 is 10.6 Å². The monoisotopic (exact) mass is 366 g/mol. The highest BCUT2D eigenvalue weighted by molar-refractivity contribution is 9.10. The Hall–Kier alpha value is -1.66. The molecule has 2 amide bonds. The summed E-state index contributed by atoms with van der Waals surface area (Å²) in [6.45, 7) is 1.87. The molecule has 21 heavy (non-hydrogen) atoms. The molecule has 0 bridgehead atoms. The van der Waals surface area contributed by atoms with Crippen molar-refractivity contribution in [2.75, 3.05) is 6.54 Å². The Balaban J connectivity index is 1.83. The first-order chi connectivity index (χ1) is 10.1. The number of hydrogen-bond donors (Lipinski definition) is 2. The molecule has 2 rings (SSSR count). The fourth-order valence-corrected chi connectivity index (χ4v) is 2.86. The number of thiophene rings is 1. The van der Waals surface area contributed by atoms with Gasteiger partial charge in [-0.05, 0) is 36.1 Å². The van der Waals surface area contributed by atoms with Gasteiger partial charge in [0.1, 0.15) is 0 Å². The fourth-order valence-electron chi connectivity index (χ4n) is 1.81. The van der Waals surface area contributed by atoms with E-state index in [4.69, 9.17) is 0 Å². The standard InChI is InChI=1S/C15H15BrN2O2S/c1-10(11-4-2-5-12(16)8-11)18-14(19)9-17-15(20)13-6-3-7-21-13/h2-8,10H,9H2,1H3,(H,17,20)(H,18,19). The van der Waals surface area contributed by atoms with Crippen LogP contribution in [0.15, 0.2) is 46.3 Å². The van der Waals surface area contributed by atoms with Gasteiger partial charge >= 0.3 is 0 Å². The summed E-state index contributed by atoms with van der Waals surface area (Å²) in [6.07, 6.45) is 0. The van der Waals surface area contributed by atoms with Crippen LogP contribution in [0.3, 0.4) is 0 Å². The van der Waals surface area contributed by atoms with E-state index in [-0.39, 0.29) is 24.4 Å². The quantitative estimate of drug-likeness (QED) is 0.853. The Morgan fingerprint density at radius 3 is 2.76 bits per heavy atom. The lowest BCUT2D eigenvalue weighted by Gasteiger charge is -2.15. The van der Waals surface area contributed by atoms with Crippen molar-refractivity contribution in [3.63, 3.8) is 0 Å². The molecule has 0 aliphatic rings. The highest BCUT2D eigenvalue weighted by Gasteiger charge is 2.12. The number of carbonyl (C=O) groups is 2. The number of nitrogens with one attached hydrogen (secondary N) is 2. The van der Waals surface area contributed by atoms with Crippen LogP contribution in [0.1, 0.15) is 28.2 Å². The van der Waals surface area contributed by atoms with E-state index in [1.807, 2.05) is 36.6 Å². The molecule has 2 N–H and O–H groups in total. The Bertz CT molecular complexity index is 628. The number of hydrogen-bond acceptors (Lipinski definition) is 3. The summed E-state index contributed by atoms with van der Waals surface area (Å²) in [7, 11) is 0. The molecule has 110 valence electrons. The molecule has 4 nitrogen and oxygen atoms in total. The van der Waals surface area contributed by atoms with Crippen molar-refractivity contribution in [3.05, 3.63) is 56.7 Å². The lowest BCUT2D eigenvalue weighted by atomic mass is 10.1. The zero-order valence-electron chi connectivity index (χ0n) is 11.4. The van der Waals surface area contributed by atoms with Crippen LogP contribution in [0.5, 0.6) is 0 Å². The summed E-state index contributed by atoms with van der Waals surface area (Å²) in [6, 6.07) is 11.2. The Morgan fingerprint density at radius 1 is 1.29 bits per heavy atom. The molecule has 0 fully saturated rings. The van der Waals surface area contributed by atoms with E-state index in [2.05, 4.69) is 26.6 Å². The molecule has 0 spiro atoms. The second-order valence-corrected chi connectivity index (χ2v) is 6.37. The molecule has 0 saturated heterocycles. The van der Waals surface area contributed by atoms with Crippen LogP contribution in [0.4, 0.5) is 0 Å². The summed E-state index contributed by atoms with van der Waals surface area (Å²) in [5, 5.41) is 7.28. The fraction of sp³-hybridized carbons (Fsp3) is 0.200. The second kappa shape index (κ2) is 7.38. The maximum Gasteiger partial charge on any atom is 0.261 e. The molecule has 1 atom stereocenters. The third-order valence-corrected chi connectivity index (χ3v) is 4.24. The van der Waals surface area contributed by atoms with Gasteiger partial charge in [-0.25, -0.2) is 0 Å². The lowest BCUT2D eigenvalue weighted by Crippen LogP contribution is -2.37. The largest absolute Gasteiger partial charge is 0.348 e. The number of carbonyl (C=O) groups excluding carboxylic acids is 2. The van der Waals surface area contributed by atoms with Crippen molar-refractivity contribution < 1.29 is 9.59 Å². The first-order valence-electron chi connectivity index (χ1n) is 6.43. The number of amides is 2. The van der Waals surface area contributed by atoms with Gasteiger partial charge in [0.2, 0.25) is 5.91 Å². The first-order valence-corrected chi connectivity index (χ1v) is 8.10. The van der Waals surface area contributed by atoms with Crippen LogP contribution in [-0.4, -0.2) is 18.4 Å². The lowest BCUT2D eigenvalue weighted by molar-refractivity contribution is -0.120. The highest BCUT2D eigenvalue weighted by atomic mass is 79.9. The van der Waals surface area contributed by atoms with E-state index in [0.717, 1.165) is 10.0 Å². The Labute approximate surface area is 135 Å². The van der Waals surface area contributed by atoms with Gasteiger partial charge in [-0.15, -0.1) is 11.3 Å². The molecule has 1 aromatic heterocycles. The van der Waals surface area contributed by atoms with Gasteiger partial charge in [0.05, 0.1) is 17.5 Å². The van der Waals surface area contributed by atoms with Gasteiger partial charge in [-0.1, -0.05) is 34.1 Å². The number of halogens is 1. The average molecular weight is 367 g/mol. The molecule has 2 aromatic rings. The van der Waals surface area contributed by atoms with Crippen molar-refractivity contribution in [1.29, 1.82) is 0 Å². The Morgan fingerprint density at radius 2 is 2.10 bits per heavy atom. The molecule has 6 heteroatoms. The van der Waals surface area contributed by atoms with Crippen LogP contribution >= 0.6 is 27.3 Å². The van der Waals surface area contributed by atoms with Crippen molar-refractivity contribution in [2.45, 2.75) is 13.0 Å². The van der Waals surface area contributed by atoms with Gasteiger partial charge in [0.15, 0.2) is 0 Å². The molecule has 0 aliphatic carbocycles. The van der Waals surface area contributed by atoms with Crippen LogP contribution in [-0.2, 0) is 4.79 Å². The molecule has 0 saturated carbocycles. The third kappa shape index (κ3) is 4.68. The minimum Gasteiger partial charge on any atom is -0.348 e. The third-order valence-electron chi connectivity index (χ3n) is 2.88. The van der Waals surface area contributed by atoms with E-state index in [1.54, 1.807) is 12.1 Å². The summed E-state index contributed by atoms with van der Waals surface area (Å²) < 4.78 is 0.965. The minimum absolute atomic E-state index is 0.0327. The predicted molar refractivity (Wildman–Crippen MR) is 87.4 cm³/mol. The summed E-state index contributed by atoms with van der Waals surface area (Å²) in [5.74, 6) is -0.442.